The second-order valence-electron chi connectivity index (χ2n) is 6.12. The first-order valence-corrected chi connectivity index (χ1v) is 7.26. The predicted octanol–water partition coefficient (Wildman–Crippen LogP) is 2.23. The molecule has 20 heavy (non-hydrogen) atoms. The summed E-state index contributed by atoms with van der Waals surface area (Å²) in [6, 6.07) is 1.77. The quantitative estimate of drug-likeness (QED) is 0.867. The summed E-state index contributed by atoms with van der Waals surface area (Å²) in [5.41, 5.74) is -0.332. The molecular weight excluding hydrogens is 278 g/mol. The highest BCUT2D eigenvalue weighted by Crippen LogP contribution is 2.27. The number of nitrogens with zero attached hydrogens (tertiary/aromatic N) is 3. The fourth-order valence-corrected chi connectivity index (χ4v) is 2.59. The maximum absolute atomic E-state index is 9.37. The first kappa shape index (κ1) is 15.5. The number of hydrogen-bond donors (Lipinski definition) is 1. The number of morpholine rings is 1. The molecule has 2 heterocycles. The van der Waals surface area contributed by atoms with Crippen molar-refractivity contribution in [2.75, 3.05) is 24.6 Å². The molecule has 0 amide bonds. The SMILES string of the molecule is CC(C)c1nc(Cl)cc(N2CC(CO)OC(C)(C)C2)n1. The lowest BCUT2D eigenvalue weighted by Gasteiger charge is -2.42. The monoisotopic (exact) mass is 299 g/mol. The van der Waals surface area contributed by atoms with Crippen LogP contribution in [0.1, 0.15) is 39.4 Å². The molecule has 1 saturated heterocycles. The number of hydrogen-bond acceptors (Lipinski definition) is 5. The van der Waals surface area contributed by atoms with Gasteiger partial charge in [-0.2, -0.15) is 0 Å². The molecule has 1 unspecified atom stereocenters. The van der Waals surface area contributed by atoms with E-state index in [9.17, 15) is 5.11 Å². The van der Waals surface area contributed by atoms with E-state index >= 15 is 0 Å². The molecule has 1 aromatic heterocycles. The summed E-state index contributed by atoms with van der Waals surface area (Å²) in [5.74, 6) is 1.75. The van der Waals surface area contributed by atoms with E-state index in [2.05, 4.69) is 14.9 Å². The topological polar surface area (TPSA) is 58.5 Å². The number of aliphatic hydroxyl groups excluding tert-OH is 1. The Balaban J connectivity index is 2.30. The molecule has 0 saturated carbocycles. The Kier molecular flexibility index (Phi) is 4.52. The van der Waals surface area contributed by atoms with Gasteiger partial charge in [-0.15, -0.1) is 0 Å². The average molecular weight is 300 g/mol. The zero-order chi connectivity index (χ0) is 14.9. The molecule has 1 aromatic rings. The largest absolute Gasteiger partial charge is 0.394 e. The first-order chi connectivity index (χ1) is 9.30. The summed E-state index contributed by atoms with van der Waals surface area (Å²) in [6.07, 6.45) is -0.213. The Morgan fingerprint density at radius 2 is 2.20 bits per heavy atom. The molecule has 0 spiro atoms. The maximum Gasteiger partial charge on any atom is 0.135 e. The van der Waals surface area contributed by atoms with E-state index in [0.717, 1.165) is 11.6 Å². The Morgan fingerprint density at radius 1 is 1.50 bits per heavy atom. The second kappa shape index (κ2) is 5.84. The Hall–Kier alpha value is -0.910. The van der Waals surface area contributed by atoms with Gasteiger partial charge in [0.2, 0.25) is 0 Å². The average Bonchev–Trinajstić information content (AvgIpc) is 2.36. The Bertz CT molecular complexity index is 479. The van der Waals surface area contributed by atoms with Gasteiger partial charge in [-0.1, -0.05) is 25.4 Å². The van der Waals surface area contributed by atoms with E-state index in [4.69, 9.17) is 16.3 Å². The lowest BCUT2D eigenvalue weighted by Crippen LogP contribution is -2.54. The van der Waals surface area contributed by atoms with Gasteiger partial charge in [0, 0.05) is 25.1 Å². The molecular formula is C14H22ClN3O2. The number of rotatable bonds is 3. The van der Waals surface area contributed by atoms with Crippen molar-refractivity contribution in [3.63, 3.8) is 0 Å². The minimum atomic E-state index is -0.332. The van der Waals surface area contributed by atoms with Gasteiger partial charge in [-0.3, -0.25) is 0 Å². The van der Waals surface area contributed by atoms with Gasteiger partial charge in [0.1, 0.15) is 16.8 Å². The van der Waals surface area contributed by atoms with Gasteiger partial charge in [0.25, 0.3) is 0 Å². The van der Waals surface area contributed by atoms with Gasteiger partial charge in [0.05, 0.1) is 18.3 Å². The van der Waals surface area contributed by atoms with E-state index in [-0.39, 0.29) is 24.2 Å². The van der Waals surface area contributed by atoms with Gasteiger partial charge < -0.3 is 14.7 Å². The molecule has 0 aromatic carbocycles. The van der Waals surface area contributed by atoms with Crippen LogP contribution >= 0.6 is 11.6 Å². The molecule has 0 radical (unpaired) electrons. The van der Waals surface area contributed by atoms with Crippen LogP contribution < -0.4 is 4.90 Å². The summed E-state index contributed by atoms with van der Waals surface area (Å²) in [6.45, 7) is 9.39. The molecule has 1 aliphatic heterocycles. The first-order valence-electron chi connectivity index (χ1n) is 6.89. The molecule has 1 N–H and O–H groups in total. The van der Waals surface area contributed by atoms with Crippen molar-refractivity contribution < 1.29 is 9.84 Å². The fourth-order valence-electron chi connectivity index (χ4n) is 2.41. The van der Waals surface area contributed by atoms with Gasteiger partial charge in [-0.25, -0.2) is 9.97 Å². The van der Waals surface area contributed by atoms with Crippen molar-refractivity contribution in [2.45, 2.75) is 45.3 Å². The number of anilines is 1. The number of aliphatic hydroxyl groups is 1. The smallest absolute Gasteiger partial charge is 0.135 e. The van der Waals surface area contributed by atoms with E-state index in [1.165, 1.54) is 0 Å². The van der Waals surface area contributed by atoms with Crippen LogP contribution in [0.5, 0.6) is 0 Å². The molecule has 0 aliphatic carbocycles. The zero-order valence-electron chi connectivity index (χ0n) is 12.4. The third-order valence-corrected chi connectivity index (χ3v) is 3.42. The van der Waals surface area contributed by atoms with Crippen LogP contribution in [0.4, 0.5) is 5.82 Å². The minimum absolute atomic E-state index is 0.00418. The van der Waals surface area contributed by atoms with Gasteiger partial charge >= 0.3 is 0 Å². The van der Waals surface area contributed by atoms with Crippen molar-refractivity contribution in [3.05, 3.63) is 17.0 Å². The van der Waals surface area contributed by atoms with E-state index in [1.807, 2.05) is 27.7 Å². The minimum Gasteiger partial charge on any atom is -0.394 e. The Morgan fingerprint density at radius 3 is 2.80 bits per heavy atom. The highest BCUT2D eigenvalue weighted by atomic mass is 35.5. The van der Waals surface area contributed by atoms with Crippen molar-refractivity contribution in [3.8, 4) is 0 Å². The van der Waals surface area contributed by atoms with Crippen LogP contribution in [0.15, 0.2) is 6.07 Å². The Labute approximate surface area is 124 Å². The number of halogens is 1. The van der Waals surface area contributed by atoms with Gasteiger partial charge in [0.15, 0.2) is 0 Å². The fraction of sp³-hybridized carbons (Fsp3) is 0.714. The van der Waals surface area contributed by atoms with E-state index < -0.39 is 0 Å². The lowest BCUT2D eigenvalue weighted by molar-refractivity contribution is -0.101. The molecule has 5 nitrogen and oxygen atoms in total. The number of aromatic nitrogens is 2. The lowest BCUT2D eigenvalue weighted by atomic mass is 10.1. The summed E-state index contributed by atoms with van der Waals surface area (Å²) in [5, 5.41) is 9.82. The predicted molar refractivity (Wildman–Crippen MR) is 79.4 cm³/mol. The normalized spacial score (nSPS) is 22.4. The van der Waals surface area contributed by atoms with Crippen LogP contribution in [-0.4, -0.2) is 46.5 Å². The molecule has 1 aliphatic rings. The third-order valence-electron chi connectivity index (χ3n) is 3.22. The van der Waals surface area contributed by atoms with Crippen LogP contribution in [0.3, 0.4) is 0 Å². The standard InChI is InChI=1S/C14H22ClN3O2/c1-9(2)13-16-11(15)5-12(17-13)18-6-10(7-19)20-14(3,4)8-18/h5,9-10,19H,6-8H2,1-4H3. The molecule has 1 fully saturated rings. The van der Waals surface area contributed by atoms with Crippen LogP contribution in [0, 0.1) is 0 Å². The molecule has 112 valence electrons. The van der Waals surface area contributed by atoms with Crippen LogP contribution in [0.25, 0.3) is 0 Å². The second-order valence-corrected chi connectivity index (χ2v) is 6.51. The summed E-state index contributed by atoms with van der Waals surface area (Å²) in [7, 11) is 0. The summed E-state index contributed by atoms with van der Waals surface area (Å²) >= 11 is 6.10. The van der Waals surface area contributed by atoms with Crippen LogP contribution in [-0.2, 0) is 4.74 Å². The highest BCUT2D eigenvalue weighted by molar-refractivity contribution is 6.29. The van der Waals surface area contributed by atoms with Crippen molar-refractivity contribution in [1.82, 2.24) is 9.97 Å². The van der Waals surface area contributed by atoms with Gasteiger partial charge in [-0.05, 0) is 13.8 Å². The van der Waals surface area contributed by atoms with E-state index in [0.29, 0.717) is 18.2 Å². The van der Waals surface area contributed by atoms with Crippen molar-refractivity contribution in [2.24, 2.45) is 0 Å². The molecule has 1 atom stereocenters. The third kappa shape index (κ3) is 3.59. The molecule has 6 heteroatoms. The van der Waals surface area contributed by atoms with Crippen LogP contribution in [0.2, 0.25) is 5.15 Å². The van der Waals surface area contributed by atoms with Crippen molar-refractivity contribution in [1.29, 1.82) is 0 Å². The summed E-state index contributed by atoms with van der Waals surface area (Å²) < 4.78 is 5.81. The number of ether oxygens (including phenoxy) is 1. The summed E-state index contributed by atoms with van der Waals surface area (Å²) in [4.78, 5) is 10.9. The molecule has 2 rings (SSSR count). The maximum atomic E-state index is 9.37. The zero-order valence-corrected chi connectivity index (χ0v) is 13.2. The van der Waals surface area contributed by atoms with E-state index in [1.54, 1.807) is 6.07 Å². The molecule has 0 bridgehead atoms. The highest BCUT2D eigenvalue weighted by Gasteiger charge is 2.34. The van der Waals surface area contributed by atoms with Crippen molar-refractivity contribution >= 4 is 17.4 Å².